The van der Waals surface area contributed by atoms with Crippen molar-refractivity contribution in [3.63, 3.8) is 0 Å². The van der Waals surface area contributed by atoms with E-state index in [9.17, 15) is 5.11 Å². The van der Waals surface area contributed by atoms with Gasteiger partial charge in [-0.25, -0.2) is 4.98 Å². The summed E-state index contributed by atoms with van der Waals surface area (Å²) in [5.74, 6) is 1.39. The molecule has 2 atom stereocenters. The van der Waals surface area contributed by atoms with Crippen molar-refractivity contribution in [3.05, 3.63) is 17.7 Å². The average Bonchev–Trinajstić information content (AvgIpc) is 2.68. The molecule has 1 aromatic rings. The third kappa shape index (κ3) is 3.54. The van der Waals surface area contributed by atoms with Gasteiger partial charge in [0.1, 0.15) is 5.82 Å². The molecule has 0 aromatic carbocycles. The number of aliphatic hydroxyl groups is 1. The van der Waals surface area contributed by atoms with Crippen molar-refractivity contribution in [1.29, 1.82) is 0 Å². The second kappa shape index (κ2) is 5.82. The highest BCUT2D eigenvalue weighted by atomic mass is 16.3. The molecule has 5 heteroatoms. The van der Waals surface area contributed by atoms with E-state index in [-0.39, 0.29) is 6.10 Å². The van der Waals surface area contributed by atoms with Crippen molar-refractivity contribution in [2.24, 2.45) is 5.92 Å². The van der Waals surface area contributed by atoms with Gasteiger partial charge in [-0.3, -0.25) is 4.90 Å². The van der Waals surface area contributed by atoms with E-state index >= 15 is 0 Å². The van der Waals surface area contributed by atoms with Crippen LogP contribution in [0.25, 0.3) is 0 Å². The number of nitrogens with one attached hydrogen (secondary N) is 1. The summed E-state index contributed by atoms with van der Waals surface area (Å²) >= 11 is 0. The van der Waals surface area contributed by atoms with Crippen molar-refractivity contribution >= 4 is 0 Å². The Hall–Kier alpha value is -0.910. The molecule has 1 fully saturated rings. The maximum Gasteiger partial charge on any atom is 0.120 e. The van der Waals surface area contributed by atoms with Gasteiger partial charge in [-0.15, -0.1) is 0 Å². The second-order valence-corrected chi connectivity index (χ2v) is 5.63. The van der Waals surface area contributed by atoms with E-state index in [4.69, 9.17) is 0 Å². The SMILES string of the molecule is Cc1cnc(CN2CC[C@@H](CN(C)C)[C@H](O)C2)[nH]1. The molecule has 0 aliphatic carbocycles. The number of H-pyrrole nitrogens is 1. The number of β-amino-alcohol motifs (C(OH)–C–C–N with tert-alkyl or cyclic N) is 1. The van der Waals surface area contributed by atoms with Gasteiger partial charge >= 0.3 is 0 Å². The molecular formula is C13H24N4O. The highest BCUT2D eigenvalue weighted by molar-refractivity contribution is 4.98. The van der Waals surface area contributed by atoms with Gasteiger partial charge in [0.05, 0.1) is 12.6 Å². The predicted octanol–water partition coefficient (Wildman–Crippen LogP) is 0.463. The molecule has 0 spiro atoms. The van der Waals surface area contributed by atoms with Crippen LogP contribution in [0.15, 0.2) is 6.20 Å². The molecule has 2 rings (SSSR count). The first-order valence-electron chi connectivity index (χ1n) is 6.60. The molecule has 18 heavy (non-hydrogen) atoms. The van der Waals surface area contributed by atoms with Gasteiger partial charge in [-0.2, -0.15) is 0 Å². The van der Waals surface area contributed by atoms with Crippen LogP contribution >= 0.6 is 0 Å². The van der Waals surface area contributed by atoms with Crippen molar-refractivity contribution in [2.45, 2.75) is 26.0 Å². The maximum absolute atomic E-state index is 10.2. The topological polar surface area (TPSA) is 55.4 Å². The summed E-state index contributed by atoms with van der Waals surface area (Å²) in [5, 5.41) is 10.2. The number of piperidine rings is 1. The molecule has 0 amide bonds. The number of likely N-dealkylation sites (tertiary alicyclic amines) is 1. The van der Waals surface area contributed by atoms with Gasteiger partial charge in [0.2, 0.25) is 0 Å². The van der Waals surface area contributed by atoms with Crippen molar-refractivity contribution < 1.29 is 5.11 Å². The third-order valence-corrected chi connectivity index (χ3v) is 3.53. The first-order chi connectivity index (χ1) is 8.54. The highest BCUT2D eigenvalue weighted by Crippen LogP contribution is 2.19. The summed E-state index contributed by atoms with van der Waals surface area (Å²) in [6, 6.07) is 0. The van der Waals surface area contributed by atoms with Crippen molar-refractivity contribution in [1.82, 2.24) is 19.8 Å². The first kappa shape index (κ1) is 13.5. The van der Waals surface area contributed by atoms with E-state index in [1.807, 2.05) is 13.1 Å². The number of aryl methyl sites for hydroxylation is 1. The zero-order chi connectivity index (χ0) is 13.1. The van der Waals surface area contributed by atoms with Crippen LogP contribution in [0.4, 0.5) is 0 Å². The Morgan fingerprint density at radius 1 is 1.56 bits per heavy atom. The lowest BCUT2D eigenvalue weighted by atomic mass is 9.93. The summed E-state index contributed by atoms with van der Waals surface area (Å²) in [7, 11) is 4.12. The van der Waals surface area contributed by atoms with Gasteiger partial charge in [0, 0.05) is 25.0 Å². The summed E-state index contributed by atoms with van der Waals surface area (Å²) in [5.41, 5.74) is 1.09. The Balaban J connectivity index is 1.84. The molecule has 0 unspecified atom stereocenters. The second-order valence-electron chi connectivity index (χ2n) is 5.63. The zero-order valence-corrected chi connectivity index (χ0v) is 11.6. The molecule has 0 bridgehead atoms. The van der Waals surface area contributed by atoms with Crippen LogP contribution in [-0.4, -0.2) is 64.7 Å². The van der Waals surface area contributed by atoms with E-state index in [2.05, 4.69) is 33.9 Å². The fraction of sp³-hybridized carbons (Fsp3) is 0.769. The number of nitrogens with zero attached hydrogens (tertiary/aromatic N) is 3. The number of aromatic nitrogens is 2. The Morgan fingerprint density at radius 3 is 2.89 bits per heavy atom. The number of hydrogen-bond acceptors (Lipinski definition) is 4. The van der Waals surface area contributed by atoms with Gasteiger partial charge in [0.15, 0.2) is 0 Å². The standard InChI is InChI=1S/C13H24N4O/c1-10-6-14-13(15-10)9-17-5-4-11(7-16(2)3)12(18)8-17/h6,11-12,18H,4-5,7-9H2,1-3H3,(H,14,15)/t11-,12+/m0/s1. The average molecular weight is 252 g/mol. The zero-order valence-electron chi connectivity index (χ0n) is 11.6. The minimum atomic E-state index is -0.225. The van der Waals surface area contributed by atoms with E-state index in [1.54, 1.807) is 0 Å². The van der Waals surface area contributed by atoms with Crippen LogP contribution in [-0.2, 0) is 6.54 Å². The number of imidazole rings is 1. The Morgan fingerprint density at radius 2 is 2.33 bits per heavy atom. The number of hydrogen-bond donors (Lipinski definition) is 2. The molecule has 1 aromatic heterocycles. The maximum atomic E-state index is 10.2. The number of rotatable bonds is 4. The Bertz CT molecular complexity index is 377. The summed E-state index contributed by atoms with van der Waals surface area (Å²) in [6.45, 7) is 5.57. The molecule has 0 saturated carbocycles. The van der Waals surface area contributed by atoms with E-state index in [0.717, 1.165) is 44.1 Å². The molecule has 2 heterocycles. The van der Waals surface area contributed by atoms with Gasteiger partial charge < -0.3 is 15.0 Å². The van der Waals surface area contributed by atoms with Crippen molar-refractivity contribution in [3.8, 4) is 0 Å². The predicted molar refractivity (Wildman–Crippen MR) is 71.3 cm³/mol. The first-order valence-corrected chi connectivity index (χ1v) is 6.60. The van der Waals surface area contributed by atoms with E-state index in [1.165, 1.54) is 0 Å². The molecule has 0 radical (unpaired) electrons. The minimum Gasteiger partial charge on any atom is -0.391 e. The van der Waals surface area contributed by atoms with Crippen LogP contribution in [0, 0.1) is 12.8 Å². The molecule has 1 aliphatic heterocycles. The molecule has 5 nitrogen and oxygen atoms in total. The van der Waals surface area contributed by atoms with E-state index in [0.29, 0.717) is 5.92 Å². The summed E-state index contributed by atoms with van der Waals surface area (Å²) in [6.07, 6.45) is 2.68. The smallest absolute Gasteiger partial charge is 0.120 e. The Labute approximate surface area is 109 Å². The lowest BCUT2D eigenvalue weighted by Crippen LogP contribution is -2.46. The molecule has 1 saturated heterocycles. The fourth-order valence-electron chi connectivity index (χ4n) is 2.63. The monoisotopic (exact) mass is 252 g/mol. The quantitative estimate of drug-likeness (QED) is 0.817. The summed E-state index contributed by atoms with van der Waals surface area (Å²) < 4.78 is 0. The van der Waals surface area contributed by atoms with Crippen molar-refractivity contribution in [2.75, 3.05) is 33.7 Å². The van der Waals surface area contributed by atoms with Crippen LogP contribution in [0.1, 0.15) is 17.9 Å². The largest absolute Gasteiger partial charge is 0.391 e. The van der Waals surface area contributed by atoms with E-state index < -0.39 is 0 Å². The fourth-order valence-corrected chi connectivity index (χ4v) is 2.63. The lowest BCUT2D eigenvalue weighted by molar-refractivity contribution is 0.00837. The number of aromatic amines is 1. The number of aliphatic hydroxyl groups excluding tert-OH is 1. The van der Waals surface area contributed by atoms with Crippen LogP contribution in [0.5, 0.6) is 0 Å². The van der Waals surface area contributed by atoms with Crippen LogP contribution < -0.4 is 0 Å². The third-order valence-electron chi connectivity index (χ3n) is 3.53. The lowest BCUT2D eigenvalue weighted by Gasteiger charge is -2.36. The molecule has 2 N–H and O–H groups in total. The Kier molecular flexibility index (Phi) is 4.37. The highest BCUT2D eigenvalue weighted by Gasteiger charge is 2.28. The van der Waals surface area contributed by atoms with Crippen LogP contribution in [0.2, 0.25) is 0 Å². The van der Waals surface area contributed by atoms with Gasteiger partial charge in [-0.1, -0.05) is 0 Å². The van der Waals surface area contributed by atoms with Gasteiger partial charge in [-0.05, 0) is 39.9 Å². The van der Waals surface area contributed by atoms with Crippen LogP contribution in [0.3, 0.4) is 0 Å². The normalized spacial score (nSPS) is 25.8. The minimum absolute atomic E-state index is 0.225. The molecule has 1 aliphatic rings. The molecular weight excluding hydrogens is 228 g/mol. The molecule has 102 valence electrons. The van der Waals surface area contributed by atoms with Gasteiger partial charge in [0.25, 0.3) is 0 Å². The summed E-state index contributed by atoms with van der Waals surface area (Å²) in [4.78, 5) is 12.0.